The average molecular weight is 267 g/mol. The summed E-state index contributed by atoms with van der Waals surface area (Å²) >= 11 is 1.65. The molecule has 1 heterocycles. The quantitative estimate of drug-likeness (QED) is 0.833. The van der Waals surface area contributed by atoms with Crippen LogP contribution in [0.2, 0.25) is 0 Å². The van der Waals surface area contributed by atoms with Crippen molar-refractivity contribution in [3.63, 3.8) is 0 Å². The molecule has 0 aliphatic heterocycles. The number of fused-ring (bicyclic) bond motifs is 1. The van der Waals surface area contributed by atoms with E-state index in [1.165, 1.54) is 0 Å². The SMILES string of the molecule is CCCc1nc2cc(OC)c(OC)c(OC)c2s1. The molecule has 0 spiro atoms. The van der Waals surface area contributed by atoms with Gasteiger partial charge in [-0.15, -0.1) is 11.3 Å². The van der Waals surface area contributed by atoms with Crippen LogP contribution in [0, 0.1) is 0 Å². The first-order valence-corrected chi connectivity index (χ1v) is 6.65. The average Bonchev–Trinajstić information content (AvgIpc) is 2.78. The molecule has 0 fully saturated rings. The van der Waals surface area contributed by atoms with Crippen LogP contribution in [0.15, 0.2) is 6.07 Å². The Bertz CT molecular complexity index is 551. The van der Waals surface area contributed by atoms with E-state index in [4.69, 9.17) is 14.2 Å². The minimum atomic E-state index is 0.624. The summed E-state index contributed by atoms with van der Waals surface area (Å²) in [4.78, 5) is 4.60. The second-order valence-electron chi connectivity index (χ2n) is 3.85. The molecule has 4 nitrogen and oxygen atoms in total. The predicted octanol–water partition coefficient (Wildman–Crippen LogP) is 3.27. The summed E-state index contributed by atoms with van der Waals surface area (Å²) in [6.45, 7) is 2.14. The van der Waals surface area contributed by atoms with E-state index in [0.717, 1.165) is 28.1 Å². The second-order valence-corrected chi connectivity index (χ2v) is 4.93. The Morgan fingerprint density at radius 1 is 1.11 bits per heavy atom. The van der Waals surface area contributed by atoms with E-state index >= 15 is 0 Å². The molecule has 0 saturated carbocycles. The summed E-state index contributed by atoms with van der Waals surface area (Å²) in [6, 6.07) is 1.90. The fourth-order valence-electron chi connectivity index (χ4n) is 1.89. The standard InChI is InChI=1S/C13H17NO3S/c1-5-6-10-14-8-7-9(15-2)11(16-3)12(17-4)13(8)18-10/h7H,5-6H2,1-4H3. The van der Waals surface area contributed by atoms with Gasteiger partial charge in [0.1, 0.15) is 4.70 Å². The topological polar surface area (TPSA) is 40.6 Å². The Hall–Kier alpha value is -1.49. The Morgan fingerprint density at radius 3 is 2.39 bits per heavy atom. The highest BCUT2D eigenvalue weighted by molar-refractivity contribution is 7.19. The molecule has 0 atom stereocenters. The summed E-state index contributed by atoms with van der Waals surface area (Å²) in [7, 11) is 4.86. The first-order chi connectivity index (χ1) is 8.74. The molecule has 1 aromatic heterocycles. The van der Waals surface area contributed by atoms with Crippen molar-refractivity contribution in [3.05, 3.63) is 11.1 Å². The van der Waals surface area contributed by atoms with Crippen LogP contribution in [0.5, 0.6) is 17.2 Å². The van der Waals surface area contributed by atoms with Crippen LogP contribution in [0.4, 0.5) is 0 Å². The molecule has 0 bridgehead atoms. The molecule has 0 aliphatic carbocycles. The maximum absolute atomic E-state index is 5.45. The Kier molecular flexibility index (Phi) is 3.91. The molecule has 0 unspecified atom stereocenters. The number of aryl methyl sites for hydroxylation is 1. The van der Waals surface area contributed by atoms with E-state index in [1.54, 1.807) is 32.7 Å². The van der Waals surface area contributed by atoms with Crippen molar-refractivity contribution in [1.82, 2.24) is 4.98 Å². The lowest BCUT2D eigenvalue weighted by Crippen LogP contribution is -1.94. The van der Waals surface area contributed by atoms with Gasteiger partial charge in [-0.25, -0.2) is 4.98 Å². The highest BCUT2D eigenvalue weighted by Gasteiger charge is 2.18. The van der Waals surface area contributed by atoms with E-state index in [2.05, 4.69) is 11.9 Å². The molecule has 0 amide bonds. The molecule has 0 aliphatic rings. The Labute approximate surface area is 111 Å². The molecular formula is C13H17NO3S. The third kappa shape index (κ3) is 2.10. The van der Waals surface area contributed by atoms with Gasteiger partial charge in [0.25, 0.3) is 0 Å². The molecule has 0 saturated heterocycles. The highest BCUT2D eigenvalue weighted by atomic mass is 32.1. The van der Waals surface area contributed by atoms with E-state index in [-0.39, 0.29) is 0 Å². The van der Waals surface area contributed by atoms with Crippen LogP contribution in [0.1, 0.15) is 18.4 Å². The number of nitrogens with zero attached hydrogens (tertiary/aromatic N) is 1. The number of hydrogen-bond acceptors (Lipinski definition) is 5. The van der Waals surface area contributed by atoms with Gasteiger partial charge in [0.2, 0.25) is 5.75 Å². The maximum Gasteiger partial charge on any atom is 0.204 e. The Morgan fingerprint density at radius 2 is 1.83 bits per heavy atom. The summed E-state index contributed by atoms with van der Waals surface area (Å²) in [5.74, 6) is 1.97. The largest absolute Gasteiger partial charge is 0.493 e. The summed E-state index contributed by atoms with van der Waals surface area (Å²) in [6.07, 6.45) is 2.06. The Balaban J connectivity index is 2.67. The zero-order valence-electron chi connectivity index (χ0n) is 11.1. The van der Waals surface area contributed by atoms with Crippen LogP contribution >= 0.6 is 11.3 Å². The van der Waals surface area contributed by atoms with E-state index in [9.17, 15) is 0 Å². The van der Waals surface area contributed by atoms with Crippen molar-refractivity contribution in [1.29, 1.82) is 0 Å². The molecule has 2 aromatic rings. The minimum Gasteiger partial charge on any atom is -0.493 e. The molecule has 0 radical (unpaired) electrons. The first kappa shape index (κ1) is 13.0. The number of ether oxygens (including phenoxy) is 3. The zero-order valence-corrected chi connectivity index (χ0v) is 11.9. The van der Waals surface area contributed by atoms with Crippen molar-refractivity contribution in [2.75, 3.05) is 21.3 Å². The monoisotopic (exact) mass is 267 g/mol. The molecule has 1 aromatic carbocycles. The van der Waals surface area contributed by atoms with Gasteiger partial charge in [0.05, 0.1) is 31.9 Å². The van der Waals surface area contributed by atoms with Gasteiger partial charge >= 0.3 is 0 Å². The molecule has 0 N–H and O–H groups in total. The summed E-state index contributed by atoms with van der Waals surface area (Å²) < 4.78 is 17.1. The predicted molar refractivity (Wildman–Crippen MR) is 73.3 cm³/mol. The van der Waals surface area contributed by atoms with Crippen LogP contribution < -0.4 is 14.2 Å². The van der Waals surface area contributed by atoms with Gasteiger partial charge in [0.15, 0.2) is 11.5 Å². The third-order valence-corrected chi connectivity index (χ3v) is 3.82. The van der Waals surface area contributed by atoms with Gasteiger partial charge in [-0.3, -0.25) is 0 Å². The molecular weight excluding hydrogens is 250 g/mol. The first-order valence-electron chi connectivity index (χ1n) is 5.83. The molecule has 2 rings (SSSR count). The lowest BCUT2D eigenvalue weighted by molar-refractivity contribution is 0.327. The van der Waals surface area contributed by atoms with Crippen LogP contribution in [-0.2, 0) is 6.42 Å². The van der Waals surface area contributed by atoms with Crippen molar-refractivity contribution in [2.24, 2.45) is 0 Å². The fraction of sp³-hybridized carbons (Fsp3) is 0.462. The number of benzene rings is 1. The number of rotatable bonds is 5. The number of aromatic nitrogens is 1. The van der Waals surface area contributed by atoms with Gasteiger partial charge < -0.3 is 14.2 Å². The van der Waals surface area contributed by atoms with Gasteiger partial charge in [-0.05, 0) is 12.8 Å². The van der Waals surface area contributed by atoms with E-state index in [1.807, 2.05) is 6.07 Å². The summed E-state index contributed by atoms with van der Waals surface area (Å²) in [5, 5.41) is 1.11. The highest BCUT2D eigenvalue weighted by Crippen LogP contribution is 2.45. The van der Waals surface area contributed by atoms with Gasteiger partial charge in [-0.1, -0.05) is 6.92 Å². The smallest absolute Gasteiger partial charge is 0.204 e. The van der Waals surface area contributed by atoms with E-state index in [0.29, 0.717) is 17.2 Å². The number of thiazole rings is 1. The summed E-state index contributed by atoms with van der Waals surface area (Å²) in [5.41, 5.74) is 0.901. The van der Waals surface area contributed by atoms with Crippen LogP contribution in [-0.4, -0.2) is 26.3 Å². The molecule has 98 valence electrons. The van der Waals surface area contributed by atoms with Gasteiger partial charge in [-0.2, -0.15) is 0 Å². The maximum atomic E-state index is 5.45. The van der Waals surface area contributed by atoms with E-state index < -0.39 is 0 Å². The van der Waals surface area contributed by atoms with Crippen LogP contribution in [0.3, 0.4) is 0 Å². The minimum absolute atomic E-state index is 0.624. The van der Waals surface area contributed by atoms with Gasteiger partial charge in [0, 0.05) is 6.07 Å². The lowest BCUT2D eigenvalue weighted by atomic mass is 10.2. The van der Waals surface area contributed by atoms with Crippen molar-refractivity contribution in [2.45, 2.75) is 19.8 Å². The van der Waals surface area contributed by atoms with Crippen LogP contribution in [0.25, 0.3) is 10.2 Å². The fourth-order valence-corrected chi connectivity index (χ4v) is 3.06. The molecule has 18 heavy (non-hydrogen) atoms. The normalized spacial score (nSPS) is 10.7. The third-order valence-electron chi connectivity index (χ3n) is 2.69. The number of methoxy groups -OCH3 is 3. The lowest BCUT2D eigenvalue weighted by Gasteiger charge is -2.11. The van der Waals surface area contributed by atoms with Crippen molar-refractivity contribution < 1.29 is 14.2 Å². The molecule has 5 heteroatoms. The second kappa shape index (κ2) is 5.44. The van der Waals surface area contributed by atoms with Crippen molar-refractivity contribution >= 4 is 21.6 Å². The zero-order chi connectivity index (χ0) is 13.1. The van der Waals surface area contributed by atoms with Crippen molar-refractivity contribution in [3.8, 4) is 17.2 Å². The number of hydrogen-bond donors (Lipinski definition) is 0.